The van der Waals surface area contributed by atoms with Gasteiger partial charge >= 0.3 is 0 Å². The number of ether oxygens (including phenoxy) is 1. The Morgan fingerprint density at radius 2 is 1.77 bits per heavy atom. The van der Waals surface area contributed by atoms with E-state index in [0.717, 1.165) is 37.9 Å². The SMILES string of the molecule is O=C(C1CCC1)N(CCN1CCOCC1)CC(=O)N1N=C(c2ccc([N+](=O)[O-])cc2)CC1c1ccc(F)cc1. The molecule has 0 spiro atoms. The normalized spacial score (nSPS) is 19.9. The van der Waals surface area contributed by atoms with Crippen molar-refractivity contribution in [3.8, 4) is 0 Å². The van der Waals surface area contributed by atoms with Gasteiger partial charge in [-0.2, -0.15) is 5.10 Å². The number of amides is 2. The van der Waals surface area contributed by atoms with E-state index >= 15 is 0 Å². The van der Waals surface area contributed by atoms with Gasteiger partial charge in [0.1, 0.15) is 12.4 Å². The van der Waals surface area contributed by atoms with Gasteiger partial charge in [0.15, 0.2) is 0 Å². The molecule has 10 nitrogen and oxygen atoms in total. The number of rotatable bonds is 9. The molecule has 39 heavy (non-hydrogen) atoms. The Morgan fingerprint density at radius 3 is 2.38 bits per heavy atom. The molecule has 1 aliphatic carbocycles. The van der Waals surface area contributed by atoms with Crippen molar-refractivity contribution in [3.05, 3.63) is 75.6 Å². The van der Waals surface area contributed by atoms with E-state index in [1.165, 1.54) is 29.3 Å². The fraction of sp³-hybridized carbons (Fsp3) is 0.464. The van der Waals surface area contributed by atoms with Crippen molar-refractivity contribution in [3.63, 3.8) is 0 Å². The van der Waals surface area contributed by atoms with Gasteiger partial charge in [-0.15, -0.1) is 0 Å². The quantitative estimate of drug-likeness (QED) is 0.359. The number of morpholine rings is 1. The Labute approximate surface area is 226 Å². The first kappa shape index (κ1) is 26.9. The van der Waals surface area contributed by atoms with Crippen LogP contribution < -0.4 is 0 Å². The first-order valence-corrected chi connectivity index (χ1v) is 13.4. The van der Waals surface area contributed by atoms with Crippen LogP contribution in [0.25, 0.3) is 0 Å². The summed E-state index contributed by atoms with van der Waals surface area (Å²) in [5.41, 5.74) is 1.94. The topological polar surface area (TPSA) is 109 Å². The Bertz CT molecular complexity index is 1230. The summed E-state index contributed by atoms with van der Waals surface area (Å²) >= 11 is 0. The van der Waals surface area contributed by atoms with Gasteiger partial charge in [-0.25, -0.2) is 9.40 Å². The van der Waals surface area contributed by atoms with Crippen molar-refractivity contribution < 1.29 is 23.6 Å². The Kier molecular flexibility index (Phi) is 8.27. The van der Waals surface area contributed by atoms with Gasteiger partial charge in [-0.3, -0.25) is 24.6 Å². The minimum atomic E-state index is -0.483. The van der Waals surface area contributed by atoms with Gasteiger partial charge in [0.2, 0.25) is 5.91 Å². The summed E-state index contributed by atoms with van der Waals surface area (Å²) in [4.78, 5) is 41.5. The minimum absolute atomic E-state index is 0.0000366. The zero-order valence-electron chi connectivity index (χ0n) is 21.7. The van der Waals surface area contributed by atoms with E-state index in [1.54, 1.807) is 29.2 Å². The molecule has 1 atom stereocenters. The van der Waals surface area contributed by atoms with E-state index in [2.05, 4.69) is 10.0 Å². The third kappa shape index (κ3) is 6.31. The number of hydrazone groups is 1. The second kappa shape index (κ2) is 12.0. The van der Waals surface area contributed by atoms with Crippen LogP contribution in [0.2, 0.25) is 0 Å². The highest BCUT2D eigenvalue weighted by Gasteiger charge is 2.36. The lowest BCUT2D eigenvalue weighted by atomic mass is 9.84. The van der Waals surface area contributed by atoms with Crippen LogP contribution in [-0.2, 0) is 14.3 Å². The molecule has 206 valence electrons. The molecule has 0 aromatic heterocycles. The molecule has 2 heterocycles. The van der Waals surface area contributed by atoms with Crippen LogP contribution in [0.1, 0.15) is 42.9 Å². The molecule has 11 heteroatoms. The van der Waals surface area contributed by atoms with Crippen molar-refractivity contribution in [2.24, 2.45) is 11.0 Å². The maximum absolute atomic E-state index is 13.7. The fourth-order valence-corrected chi connectivity index (χ4v) is 5.14. The number of nitro benzene ring substituents is 1. The Hall–Kier alpha value is -3.70. The predicted molar refractivity (Wildman–Crippen MR) is 141 cm³/mol. The average Bonchev–Trinajstić information content (AvgIpc) is 3.36. The van der Waals surface area contributed by atoms with E-state index in [1.807, 2.05) is 0 Å². The van der Waals surface area contributed by atoms with E-state index in [9.17, 15) is 24.1 Å². The van der Waals surface area contributed by atoms with Crippen LogP contribution in [0.5, 0.6) is 0 Å². The summed E-state index contributed by atoms with van der Waals surface area (Å²) in [6, 6.07) is 11.5. The lowest BCUT2D eigenvalue weighted by Crippen LogP contribution is -2.49. The summed E-state index contributed by atoms with van der Waals surface area (Å²) < 4.78 is 19.1. The van der Waals surface area contributed by atoms with Crippen molar-refractivity contribution in [1.82, 2.24) is 14.8 Å². The summed E-state index contributed by atoms with van der Waals surface area (Å²) in [7, 11) is 0. The highest BCUT2D eigenvalue weighted by molar-refractivity contribution is 6.03. The molecule has 2 aromatic carbocycles. The molecule has 3 aliphatic rings. The number of non-ortho nitro benzene ring substituents is 1. The highest BCUT2D eigenvalue weighted by atomic mass is 19.1. The average molecular weight is 538 g/mol. The first-order chi connectivity index (χ1) is 18.9. The third-order valence-electron chi connectivity index (χ3n) is 7.71. The van der Waals surface area contributed by atoms with Crippen molar-refractivity contribution in [1.29, 1.82) is 0 Å². The van der Waals surface area contributed by atoms with E-state index in [4.69, 9.17) is 4.74 Å². The molecular weight excluding hydrogens is 505 g/mol. The maximum atomic E-state index is 13.7. The lowest BCUT2D eigenvalue weighted by Gasteiger charge is -2.34. The molecule has 5 rings (SSSR count). The van der Waals surface area contributed by atoms with Gasteiger partial charge < -0.3 is 9.64 Å². The van der Waals surface area contributed by atoms with Crippen molar-refractivity contribution >= 4 is 23.2 Å². The molecule has 2 amide bonds. The smallest absolute Gasteiger partial charge is 0.269 e. The monoisotopic (exact) mass is 537 g/mol. The largest absolute Gasteiger partial charge is 0.379 e. The zero-order chi connectivity index (χ0) is 27.4. The van der Waals surface area contributed by atoms with Crippen LogP contribution in [-0.4, -0.2) is 83.2 Å². The van der Waals surface area contributed by atoms with Gasteiger partial charge in [-0.05, 0) is 48.2 Å². The van der Waals surface area contributed by atoms with Crippen molar-refractivity contribution in [2.45, 2.75) is 31.7 Å². The Balaban J connectivity index is 1.37. The molecule has 0 N–H and O–H groups in total. The molecule has 1 unspecified atom stereocenters. The summed E-state index contributed by atoms with van der Waals surface area (Å²) in [5, 5.41) is 17.1. The number of nitrogens with zero attached hydrogens (tertiary/aromatic N) is 5. The second-order valence-corrected chi connectivity index (χ2v) is 10.2. The molecule has 0 radical (unpaired) electrons. The fourth-order valence-electron chi connectivity index (χ4n) is 5.14. The number of benzene rings is 2. The van der Waals surface area contributed by atoms with Crippen LogP contribution >= 0.6 is 0 Å². The van der Waals surface area contributed by atoms with Gasteiger partial charge in [0.25, 0.3) is 11.6 Å². The van der Waals surface area contributed by atoms with E-state index in [-0.39, 0.29) is 35.8 Å². The number of carbonyl (C=O) groups is 2. The Morgan fingerprint density at radius 1 is 1.08 bits per heavy atom. The second-order valence-electron chi connectivity index (χ2n) is 10.2. The summed E-state index contributed by atoms with van der Waals surface area (Å²) in [5.74, 6) is -0.754. The highest BCUT2D eigenvalue weighted by Crippen LogP contribution is 2.34. The molecule has 1 saturated heterocycles. The maximum Gasteiger partial charge on any atom is 0.269 e. The first-order valence-electron chi connectivity index (χ1n) is 13.4. The number of carbonyl (C=O) groups excluding carboxylic acids is 2. The van der Waals surface area contributed by atoms with Gasteiger partial charge in [0, 0.05) is 50.7 Å². The molecule has 1 saturated carbocycles. The van der Waals surface area contributed by atoms with E-state index < -0.39 is 11.0 Å². The number of halogens is 1. The molecule has 0 bridgehead atoms. The van der Waals surface area contributed by atoms with Crippen LogP contribution in [0.3, 0.4) is 0 Å². The van der Waals surface area contributed by atoms with Crippen molar-refractivity contribution in [2.75, 3.05) is 45.9 Å². The molecule has 2 aromatic rings. The van der Waals surface area contributed by atoms with Crippen LogP contribution in [0, 0.1) is 21.8 Å². The van der Waals surface area contributed by atoms with Gasteiger partial charge in [-0.1, -0.05) is 18.6 Å². The molecule has 2 aliphatic heterocycles. The van der Waals surface area contributed by atoms with Crippen LogP contribution in [0.4, 0.5) is 10.1 Å². The summed E-state index contributed by atoms with van der Waals surface area (Å²) in [6.45, 7) is 3.89. The van der Waals surface area contributed by atoms with Gasteiger partial charge in [0.05, 0.1) is 29.9 Å². The predicted octanol–water partition coefficient (Wildman–Crippen LogP) is 3.37. The van der Waals surface area contributed by atoms with E-state index in [0.29, 0.717) is 44.0 Å². The third-order valence-corrected chi connectivity index (χ3v) is 7.71. The minimum Gasteiger partial charge on any atom is -0.379 e. The standard InChI is InChI=1S/C28H32FN5O5/c29-23-8-4-21(5-9-23)26-18-25(20-6-10-24(11-7-20)34(37)38)30-33(26)27(35)19-32(28(36)22-2-1-3-22)13-12-31-14-16-39-17-15-31/h4-11,22,26H,1-3,12-19H2. The lowest BCUT2D eigenvalue weighted by molar-refractivity contribution is -0.384. The summed E-state index contributed by atoms with van der Waals surface area (Å²) in [6.07, 6.45) is 3.06. The molecule has 2 fully saturated rings. The molecular formula is C28H32FN5O5. The number of nitro groups is 1. The zero-order valence-corrected chi connectivity index (χ0v) is 21.7. The number of hydrogen-bond donors (Lipinski definition) is 0. The number of hydrogen-bond acceptors (Lipinski definition) is 7. The van der Waals surface area contributed by atoms with Crippen LogP contribution in [0.15, 0.2) is 53.6 Å².